The first kappa shape index (κ1) is 14.7. The summed E-state index contributed by atoms with van der Waals surface area (Å²) in [5.74, 6) is 0. The maximum Gasteiger partial charge on any atom is 0.301 e. The molecule has 5 nitrogen and oxygen atoms in total. The molecule has 0 radical (unpaired) electrons. The van der Waals surface area contributed by atoms with Crippen LogP contribution >= 0.6 is 27.5 Å². The van der Waals surface area contributed by atoms with E-state index in [1.165, 1.54) is 10.5 Å². The molecule has 0 aliphatic heterocycles. The van der Waals surface area contributed by atoms with E-state index in [-0.39, 0.29) is 5.15 Å². The summed E-state index contributed by atoms with van der Waals surface area (Å²) in [5, 5.41) is 0.288. The molecule has 0 aromatic carbocycles. The van der Waals surface area contributed by atoms with Crippen LogP contribution in [-0.4, -0.2) is 30.8 Å². The van der Waals surface area contributed by atoms with Crippen LogP contribution in [0.25, 0.3) is 0 Å². The molecule has 1 rings (SSSR count). The Morgan fingerprint density at radius 1 is 1.47 bits per heavy atom. The lowest BCUT2D eigenvalue weighted by molar-refractivity contribution is 0.449. The molecule has 17 heavy (non-hydrogen) atoms. The van der Waals surface area contributed by atoms with Crippen molar-refractivity contribution in [2.24, 2.45) is 0 Å². The van der Waals surface area contributed by atoms with E-state index in [9.17, 15) is 8.42 Å². The van der Waals surface area contributed by atoms with E-state index >= 15 is 0 Å². The van der Waals surface area contributed by atoms with Crippen molar-refractivity contribution in [3.8, 4) is 0 Å². The van der Waals surface area contributed by atoms with Crippen molar-refractivity contribution in [2.45, 2.75) is 13.8 Å². The Morgan fingerprint density at radius 2 is 2.06 bits per heavy atom. The van der Waals surface area contributed by atoms with E-state index in [0.717, 1.165) is 0 Å². The Hall–Kier alpha value is -0.370. The van der Waals surface area contributed by atoms with Crippen molar-refractivity contribution in [2.75, 3.05) is 17.8 Å². The summed E-state index contributed by atoms with van der Waals surface area (Å²) in [7, 11) is -3.53. The Kier molecular flexibility index (Phi) is 5.18. The maximum absolute atomic E-state index is 11.9. The van der Waals surface area contributed by atoms with Gasteiger partial charge in [0.05, 0.1) is 16.4 Å². The first-order chi connectivity index (χ1) is 7.90. The topological polar surface area (TPSA) is 62.3 Å². The molecule has 0 saturated heterocycles. The number of nitrogens with zero attached hydrogens (tertiary/aromatic N) is 2. The van der Waals surface area contributed by atoms with Gasteiger partial charge in [-0.15, -0.1) is 0 Å². The van der Waals surface area contributed by atoms with Gasteiger partial charge in [-0.3, -0.25) is 4.72 Å². The van der Waals surface area contributed by atoms with Gasteiger partial charge in [-0.05, 0) is 22.0 Å². The summed E-state index contributed by atoms with van der Waals surface area (Å²) in [6.07, 6.45) is 1.37. The van der Waals surface area contributed by atoms with Gasteiger partial charge in [0.25, 0.3) is 0 Å². The number of aromatic nitrogens is 1. The molecule has 0 saturated carbocycles. The molecule has 0 unspecified atom stereocenters. The van der Waals surface area contributed by atoms with Crippen molar-refractivity contribution in [3.63, 3.8) is 0 Å². The molecule has 0 spiro atoms. The predicted octanol–water partition coefficient (Wildman–Crippen LogP) is 2.50. The zero-order valence-electron chi connectivity index (χ0n) is 9.44. The second-order valence-electron chi connectivity index (χ2n) is 3.19. The van der Waals surface area contributed by atoms with Crippen molar-refractivity contribution < 1.29 is 8.42 Å². The molecular formula is C9H13BrClN3O2S. The summed E-state index contributed by atoms with van der Waals surface area (Å²) in [6.45, 7) is 4.37. The van der Waals surface area contributed by atoms with E-state index in [1.54, 1.807) is 19.9 Å². The molecule has 0 atom stereocenters. The monoisotopic (exact) mass is 341 g/mol. The average molecular weight is 343 g/mol. The summed E-state index contributed by atoms with van der Waals surface area (Å²) >= 11 is 8.91. The molecule has 1 aromatic rings. The molecule has 1 heterocycles. The summed E-state index contributed by atoms with van der Waals surface area (Å²) < 4.78 is 28.1. The molecule has 0 amide bonds. The third-order valence-electron chi connectivity index (χ3n) is 2.09. The van der Waals surface area contributed by atoms with Crippen LogP contribution in [0, 0.1) is 0 Å². The highest BCUT2D eigenvalue weighted by Crippen LogP contribution is 2.23. The summed E-state index contributed by atoms with van der Waals surface area (Å²) in [5.41, 5.74) is 0.369. The quantitative estimate of drug-likeness (QED) is 0.836. The normalized spacial score (nSPS) is 11.8. The van der Waals surface area contributed by atoms with Crippen molar-refractivity contribution in [3.05, 3.63) is 21.9 Å². The van der Waals surface area contributed by atoms with Crippen LogP contribution in [-0.2, 0) is 10.2 Å². The second-order valence-corrected chi connectivity index (χ2v) is 6.07. The zero-order chi connectivity index (χ0) is 13.1. The van der Waals surface area contributed by atoms with Gasteiger partial charge in [0.2, 0.25) is 0 Å². The van der Waals surface area contributed by atoms with E-state index in [2.05, 4.69) is 25.6 Å². The average Bonchev–Trinajstić information content (AvgIpc) is 2.24. The first-order valence-electron chi connectivity index (χ1n) is 4.99. The lowest BCUT2D eigenvalue weighted by Gasteiger charge is -2.19. The van der Waals surface area contributed by atoms with Crippen LogP contribution in [0.1, 0.15) is 13.8 Å². The first-order valence-corrected chi connectivity index (χ1v) is 7.60. The third-order valence-corrected chi connectivity index (χ3v) is 4.91. The van der Waals surface area contributed by atoms with E-state index < -0.39 is 10.2 Å². The minimum absolute atomic E-state index is 0.288. The van der Waals surface area contributed by atoms with Crippen molar-refractivity contribution >= 4 is 43.4 Å². The molecule has 0 fully saturated rings. The van der Waals surface area contributed by atoms with Gasteiger partial charge in [0, 0.05) is 13.1 Å². The largest absolute Gasteiger partial charge is 0.301 e. The Bertz CT molecular complexity index is 491. The molecular weight excluding hydrogens is 330 g/mol. The number of nitrogens with one attached hydrogen (secondary N) is 1. The van der Waals surface area contributed by atoms with Gasteiger partial charge in [-0.25, -0.2) is 4.98 Å². The molecule has 8 heteroatoms. The van der Waals surface area contributed by atoms with Gasteiger partial charge in [0.15, 0.2) is 0 Å². The van der Waals surface area contributed by atoms with Gasteiger partial charge in [-0.1, -0.05) is 25.4 Å². The number of pyridine rings is 1. The molecule has 0 aliphatic carbocycles. The zero-order valence-corrected chi connectivity index (χ0v) is 12.6. The Balaban J connectivity index is 2.94. The fraction of sp³-hybridized carbons (Fsp3) is 0.444. The molecule has 1 aromatic heterocycles. The molecule has 96 valence electrons. The van der Waals surface area contributed by atoms with E-state index in [1.807, 2.05) is 0 Å². The summed E-state index contributed by atoms with van der Waals surface area (Å²) in [6, 6.07) is 1.57. The lowest BCUT2D eigenvalue weighted by atomic mass is 10.4. The van der Waals surface area contributed by atoms with Crippen LogP contribution in [0.3, 0.4) is 0 Å². The molecule has 0 aliphatic rings. The van der Waals surface area contributed by atoms with Gasteiger partial charge < -0.3 is 0 Å². The minimum Gasteiger partial charge on any atom is -0.269 e. The van der Waals surface area contributed by atoms with Gasteiger partial charge in [0.1, 0.15) is 5.15 Å². The van der Waals surface area contributed by atoms with Gasteiger partial charge in [-0.2, -0.15) is 12.7 Å². The predicted molar refractivity (Wildman–Crippen MR) is 72.4 cm³/mol. The second kappa shape index (κ2) is 5.99. The van der Waals surface area contributed by atoms with Crippen molar-refractivity contribution in [1.29, 1.82) is 0 Å². The highest BCUT2D eigenvalue weighted by Gasteiger charge is 2.18. The van der Waals surface area contributed by atoms with Crippen molar-refractivity contribution in [1.82, 2.24) is 9.29 Å². The number of anilines is 1. The maximum atomic E-state index is 11.9. The minimum atomic E-state index is -3.53. The number of hydrogen-bond donors (Lipinski definition) is 1. The van der Waals surface area contributed by atoms with E-state index in [0.29, 0.717) is 23.2 Å². The lowest BCUT2D eigenvalue weighted by Crippen LogP contribution is -2.35. The highest BCUT2D eigenvalue weighted by atomic mass is 79.9. The number of rotatable bonds is 5. The number of hydrogen-bond acceptors (Lipinski definition) is 3. The van der Waals surface area contributed by atoms with Crippen LogP contribution < -0.4 is 4.72 Å². The van der Waals surface area contributed by atoms with Crippen LogP contribution in [0.5, 0.6) is 0 Å². The smallest absolute Gasteiger partial charge is 0.269 e. The Morgan fingerprint density at radius 3 is 2.53 bits per heavy atom. The van der Waals surface area contributed by atoms with Crippen LogP contribution in [0.2, 0.25) is 5.15 Å². The fourth-order valence-corrected chi connectivity index (χ4v) is 2.92. The van der Waals surface area contributed by atoms with E-state index in [4.69, 9.17) is 11.6 Å². The highest BCUT2D eigenvalue weighted by molar-refractivity contribution is 9.10. The van der Waals surface area contributed by atoms with Crippen LogP contribution in [0.15, 0.2) is 16.7 Å². The standard InChI is InChI=1S/C9H13BrClN3O2S/c1-3-14(4-2)17(15,16)13-7-5-8(10)9(11)12-6-7/h5-6,13H,3-4H2,1-2H3. The summed E-state index contributed by atoms with van der Waals surface area (Å²) in [4.78, 5) is 3.85. The number of halogens is 2. The van der Waals surface area contributed by atoms with Gasteiger partial charge >= 0.3 is 10.2 Å². The molecule has 1 N–H and O–H groups in total. The fourth-order valence-electron chi connectivity index (χ4n) is 1.25. The SMILES string of the molecule is CCN(CC)S(=O)(=O)Nc1cnc(Cl)c(Br)c1. The Labute approximate surface area is 114 Å². The van der Waals surface area contributed by atoms with Crippen LogP contribution in [0.4, 0.5) is 5.69 Å². The third kappa shape index (κ3) is 3.80. The molecule has 0 bridgehead atoms.